The first-order valence-corrected chi connectivity index (χ1v) is 11.7. The average Bonchev–Trinajstić information content (AvgIpc) is 3.34. The Kier molecular flexibility index (Phi) is 6.79. The second kappa shape index (κ2) is 9.92. The topological polar surface area (TPSA) is 66.9 Å². The van der Waals surface area contributed by atoms with Crippen LogP contribution in [0.4, 0.5) is 5.69 Å². The number of hydrogen-bond acceptors (Lipinski definition) is 5. The number of rotatable bonds is 5. The maximum atomic E-state index is 12.8. The van der Waals surface area contributed by atoms with Crippen LogP contribution in [0.15, 0.2) is 78.9 Å². The van der Waals surface area contributed by atoms with Gasteiger partial charge in [0.15, 0.2) is 0 Å². The van der Waals surface area contributed by atoms with Gasteiger partial charge in [-0.25, -0.2) is 4.79 Å². The fourth-order valence-electron chi connectivity index (χ4n) is 3.51. The fourth-order valence-corrected chi connectivity index (χ4v) is 4.65. The Labute approximate surface area is 197 Å². The van der Waals surface area contributed by atoms with E-state index in [9.17, 15) is 14.4 Å². The van der Waals surface area contributed by atoms with Crippen LogP contribution in [0.3, 0.4) is 0 Å². The van der Waals surface area contributed by atoms with Gasteiger partial charge in [-0.1, -0.05) is 35.9 Å². The minimum absolute atomic E-state index is 0.127. The third-order valence-electron chi connectivity index (χ3n) is 5.48. The Morgan fingerprint density at radius 1 is 0.909 bits per heavy atom. The molecule has 0 aliphatic carbocycles. The highest BCUT2D eigenvalue weighted by atomic mass is 32.2. The molecule has 0 saturated carbocycles. The Balaban J connectivity index is 1.41. The molecule has 2 amide bonds. The molecule has 1 aliphatic rings. The van der Waals surface area contributed by atoms with E-state index in [0.29, 0.717) is 34.2 Å². The third-order valence-corrected chi connectivity index (χ3v) is 6.49. The second-order valence-electron chi connectivity index (χ2n) is 7.80. The van der Waals surface area contributed by atoms with Gasteiger partial charge in [0.2, 0.25) is 0 Å². The molecule has 0 spiro atoms. The summed E-state index contributed by atoms with van der Waals surface area (Å²) in [6, 6.07) is 22.4. The molecule has 0 aromatic heterocycles. The van der Waals surface area contributed by atoms with Gasteiger partial charge in [-0.2, -0.15) is 0 Å². The van der Waals surface area contributed by atoms with Crippen molar-refractivity contribution in [1.82, 2.24) is 4.90 Å². The fraction of sp³-hybridized carbons (Fsp3) is 0.192. The van der Waals surface area contributed by atoms with Gasteiger partial charge >= 0.3 is 5.97 Å². The number of nitrogens with zero attached hydrogens (tertiary/aromatic N) is 2. The van der Waals surface area contributed by atoms with Crippen LogP contribution < -0.4 is 9.64 Å². The van der Waals surface area contributed by atoms with Crippen LogP contribution in [0, 0.1) is 6.92 Å². The minimum atomic E-state index is -0.645. The number of carbonyl (C=O) groups excluding carboxylic acids is 3. The molecule has 3 aromatic rings. The first-order valence-electron chi connectivity index (χ1n) is 10.5. The molecule has 1 aliphatic heterocycles. The monoisotopic (exact) mass is 460 g/mol. The van der Waals surface area contributed by atoms with E-state index in [1.807, 2.05) is 25.1 Å². The van der Waals surface area contributed by atoms with E-state index < -0.39 is 12.0 Å². The van der Waals surface area contributed by atoms with Crippen LogP contribution in [-0.2, 0) is 4.79 Å². The first-order chi connectivity index (χ1) is 15.9. The maximum absolute atomic E-state index is 12.8. The summed E-state index contributed by atoms with van der Waals surface area (Å²) in [6.45, 7) is 1.97. The molecule has 1 saturated heterocycles. The molecule has 0 bridgehead atoms. The highest BCUT2D eigenvalue weighted by molar-refractivity contribution is 7.99. The lowest BCUT2D eigenvalue weighted by Gasteiger charge is -2.22. The number of esters is 1. The molecule has 1 atom stereocenters. The highest BCUT2D eigenvalue weighted by Gasteiger charge is 2.36. The summed E-state index contributed by atoms with van der Waals surface area (Å²) >= 11 is 1.52. The summed E-state index contributed by atoms with van der Waals surface area (Å²) in [7, 11) is 1.70. The number of hydrogen-bond donors (Lipinski definition) is 0. The van der Waals surface area contributed by atoms with Crippen LogP contribution >= 0.6 is 11.8 Å². The van der Waals surface area contributed by atoms with Gasteiger partial charge in [-0.3, -0.25) is 9.59 Å². The van der Waals surface area contributed by atoms with E-state index in [1.165, 1.54) is 11.8 Å². The summed E-state index contributed by atoms with van der Waals surface area (Å²) in [6.07, 6.45) is 0. The lowest BCUT2D eigenvalue weighted by Crippen LogP contribution is -2.43. The van der Waals surface area contributed by atoms with E-state index in [1.54, 1.807) is 77.5 Å². The van der Waals surface area contributed by atoms with Gasteiger partial charge in [0.25, 0.3) is 11.8 Å². The van der Waals surface area contributed by atoms with E-state index >= 15 is 0 Å². The SMILES string of the molecule is Cc1ccc(C(=O)N(C)c2ccc(OC(=O)[C@@H]3CSCN3C(=O)c3ccccc3)cc2)cc1. The molecule has 0 radical (unpaired) electrons. The maximum Gasteiger partial charge on any atom is 0.335 e. The van der Waals surface area contributed by atoms with Crippen molar-refractivity contribution in [2.24, 2.45) is 0 Å². The summed E-state index contributed by atoms with van der Waals surface area (Å²) in [5.41, 5.74) is 2.91. The molecule has 4 rings (SSSR count). The van der Waals surface area contributed by atoms with Crippen molar-refractivity contribution in [3.63, 3.8) is 0 Å². The Morgan fingerprint density at radius 3 is 2.24 bits per heavy atom. The largest absolute Gasteiger partial charge is 0.425 e. The minimum Gasteiger partial charge on any atom is -0.425 e. The molecule has 1 fully saturated rings. The number of aryl methyl sites for hydroxylation is 1. The molecule has 6 nitrogen and oxygen atoms in total. The predicted molar refractivity (Wildman–Crippen MR) is 130 cm³/mol. The quantitative estimate of drug-likeness (QED) is 0.417. The van der Waals surface area contributed by atoms with Gasteiger partial charge < -0.3 is 14.5 Å². The van der Waals surface area contributed by atoms with Crippen molar-refractivity contribution in [1.29, 1.82) is 0 Å². The van der Waals surface area contributed by atoms with E-state index in [-0.39, 0.29) is 11.8 Å². The van der Waals surface area contributed by atoms with Gasteiger partial charge in [-0.05, 0) is 55.5 Å². The van der Waals surface area contributed by atoms with E-state index in [0.717, 1.165) is 5.56 Å². The van der Waals surface area contributed by atoms with Gasteiger partial charge in [-0.15, -0.1) is 11.8 Å². The van der Waals surface area contributed by atoms with Crippen molar-refractivity contribution in [2.75, 3.05) is 23.6 Å². The molecular formula is C26H24N2O4S. The summed E-state index contributed by atoms with van der Waals surface area (Å²) in [5, 5.41) is 0. The molecule has 1 heterocycles. The van der Waals surface area contributed by atoms with E-state index in [4.69, 9.17) is 4.74 Å². The standard InChI is InChI=1S/C26H24N2O4S/c1-18-8-10-20(11-9-18)24(29)27(2)21-12-14-22(15-13-21)32-26(31)23-16-33-17-28(23)25(30)19-6-4-3-5-7-19/h3-15,23H,16-17H2,1-2H3/t23-/m0/s1. The first kappa shape index (κ1) is 22.6. The number of ether oxygens (including phenoxy) is 1. The third kappa shape index (κ3) is 5.09. The van der Waals surface area contributed by atoms with Crippen LogP contribution in [0.1, 0.15) is 26.3 Å². The van der Waals surface area contributed by atoms with Crippen LogP contribution in [-0.4, -0.2) is 47.4 Å². The Morgan fingerprint density at radius 2 is 1.58 bits per heavy atom. The molecule has 3 aromatic carbocycles. The molecular weight excluding hydrogens is 436 g/mol. The van der Waals surface area contributed by atoms with Crippen molar-refractivity contribution >= 4 is 35.2 Å². The zero-order chi connectivity index (χ0) is 23.4. The summed E-state index contributed by atoms with van der Waals surface area (Å²) in [5.74, 6) is 0.513. The number of anilines is 1. The molecule has 33 heavy (non-hydrogen) atoms. The zero-order valence-electron chi connectivity index (χ0n) is 18.4. The normalized spacial score (nSPS) is 15.2. The number of thioether (sulfide) groups is 1. The van der Waals surface area contributed by atoms with Gasteiger partial charge in [0.05, 0.1) is 5.88 Å². The van der Waals surface area contributed by atoms with Crippen molar-refractivity contribution < 1.29 is 19.1 Å². The van der Waals surface area contributed by atoms with Gasteiger partial charge in [0.1, 0.15) is 11.8 Å². The Bertz CT molecular complexity index is 1150. The summed E-state index contributed by atoms with van der Waals surface area (Å²) < 4.78 is 5.56. The Hall–Kier alpha value is -3.58. The van der Waals surface area contributed by atoms with E-state index in [2.05, 4.69) is 0 Å². The van der Waals surface area contributed by atoms with Crippen LogP contribution in [0.25, 0.3) is 0 Å². The summed E-state index contributed by atoms with van der Waals surface area (Å²) in [4.78, 5) is 41.4. The average molecular weight is 461 g/mol. The van der Waals surface area contributed by atoms with Crippen molar-refractivity contribution in [2.45, 2.75) is 13.0 Å². The zero-order valence-corrected chi connectivity index (χ0v) is 19.2. The van der Waals surface area contributed by atoms with Crippen LogP contribution in [0.2, 0.25) is 0 Å². The molecule has 0 N–H and O–H groups in total. The highest BCUT2D eigenvalue weighted by Crippen LogP contribution is 2.26. The number of carbonyl (C=O) groups is 3. The van der Waals surface area contributed by atoms with Crippen molar-refractivity contribution in [3.8, 4) is 5.75 Å². The van der Waals surface area contributed by atoms with Crippen LogP contribution in [0.5, 0.6) is 5.75 Å². The molecule has 0 unspecified atom stereocenters. The lowest BCUT2D eigenvalue weighted by atomic mass is 10.1. The molecule has 7 heteroatoms. The number of benzene rings is 3. The predicted octanol–water partition coefficient (Wildman–Crippen LogP) is 4.39. The second-order valence-corrected chi connectivity index (χ2v) is 8.80. The molecule has 168 valence electrons. The van der Waals surface area contributed by atoms with Crippen molar-refractivity contribution in [3.05, 3.63) is 95.6 Å². The smallest absolute Gasteiger partial charge is 0.335 e. The number of amides is 2. The lowest BCUT2D eigenvalue weighted by molar-refractivity contribution is -0.138. The van der Waals surface area contributed by atoms with Gasteiger partial charge in [0, 0.05) is 29.6 Å².